The summed E-state index contributed by atoms with van der Waals surface area (Å²) < 4.78 is 11.8. The van der Waals surface area contributed by atoms with Crippen molar-refractivity contribution in [2.75, 3.05) is 0 Å². The molecule has 0 N–H and O–H groups in total. The minimum absolute atomic E-state index is 0.864. The summed E-state index contributed by atoms with van der Waals surface area (Å²) in [4.78, 5) is 0. The normalized spacial score (nSPS) is 11.7. The third-order valence-electron chi connectivity index (χ3n) is 15.3. The maximum absolute atomic E-state index is 6.92. The summed E-state index contributed by atoms with van der Waals surface area (Å²) in [6, 6.07) is 102. The molecule has 0 fully saturated rings. The molecule has 15 aromatic rings. The van der Waals surface area contributed by atoms with Crippen molar-refractivity contribution in [3.63, 3.8) is 0 Å². The average Bonchev–Trinajstić information content (AvgIpc) is 4.20. The van der Waals surface area contributed by atoms with Gasteiger partial charge in [-0.05, 0) is 146 Å². The molecule has 0 unspecified atom stereocenters. The lowest BCUT2D eigenvalue weighted by molar-refractivity contribution is 0.670. The SMILES string of the molecule is c1ccc(-c2ccc(-c3cc(-n4c5ccc(-c6ccccc6)cc5c5cc(-c6ccc7c(c6)c6cc(-c8ccccc8)ccc6n7-c6ccccc6)ccc54)cc4c3oc3ccc(-c5ccccc5)cc34)cc2)cc1. The number of hydrogen-bond acceptors (Lipinski definition) is 1. The van der Waals surface area contributed by atoms with E-state index in [1.165, 1.54) is 77.1 Å². The van der Waals surface area contributed by atoms with Crippen LogP contribution in [0, 0.1) is 0 Å². The highest BCUT2D eigenvalue weighted by atomic mass is 16.3. The molecule has 0 radical (unpaired) electrons. The lowest BCUT2D eigenvalue weighted by Gasteiger charge is -2.13. The van der Waals surface area contributed by atoms with Crippen LogP contribution in [-0.2, 0) is 0 Å². The van der Waals surface area contributed by atoms with E-state index in [0.717, 1.165) is 66.6 Å². The number of nitrogens with zero attached hydrogens (tertiary/aromatic N) is 2. The molecule has 3 heteroatoms. The van der Waals surface area contributed by atoms with Gasteiger partial charge < -0.3 is 13.6 Å². The molecule has 15 rings (SSSR count). The highest BCUT2D eigenvalue weighted by Crippen LogP contribution is 2.44. The maximum atomic E-state index is 6.92. The second kappa shape index (κ2) is 17.4. The summed E-state index contributed by atoms with van der Waals surface area (Å²) in [5.41, 5.74) is 22.5. The molecular formula is C72H46N2O. The quantitative estimate of drug-likeness (QED) is 0.149. The lowest BCUT2D eigenvalue weighted by atomic mass is 9.97. The van der Waals surface area contributed by atoms with E-state index in [2.05, 4.69) is 288 Å². The number of para-hydroxylation sites is 1. The van der Waals surface area contributed by atoms with Crippen molar-refractivity contribution in [2.45, 2.75) is 0 Å². The van der Waals surface area contributed by atoms with Crippen molar-refractivity contribution in [3.05, 3.63) is 279 Å². The van der Waals surface area contributed by atoms with E-state index >= 15 is 0 Å². The molecule has 0 amide bonds. The van der Waals surface area contributed by atoms with Gasteiger partial charge in [0.1, 0.15) is 11.2 Å². The molecule has 0 spiro atoms. The Morgan fingerprint density at radius 1 is 0.213 bits per heavy atom. The van der Waals surface area contributed by atoms with Gasteiger partial charge in [-0.1, -0.05) is 194 Å². The van der Waals surface area contributed by atoms with E-state index in [-0.39, 0.29) is 0 Å². The number of fused-ring (bicyclic) bond motifs is 9. The molecule has 0 saturated heterocycles. The molecule has 3 heterocycles. The van der Waals surface area contributed by atoms with Crippen LogP contribution in [0.2, 0.25) is 0 Å². The predicted octanol–water partition coefficient (Wildman–Crippen LogP) is 19.8. The molecule has 0 aliphatic heterocycles. The van der Waals surface area contributed by atoms with Gasteiger partial charge in [-0.2, -0.15) is 0 Å². The Morgan fingerprint density at radius 2 is 0.533 bits per heavy atom. The minimum Gasteiger partial charge on any atom is -0.455 e. The van der Waals surface area contributed by atoms with Gasteiger partial charge in [-0.3, -0.25) is 0 Å². The van der Waals surface area contributed by atoms with Gasteiger partial charge in [0.25, 0.3) is 0 Å². The highest BCUT2D eigenvalue weighted by molar-refractivity contribution is 6.16. The van der Waals surface area contributed by atoms with Crippen molar-refractivity contribution >= 4 is 65.6 Å². The first-order valence-corrected chi connectivity index (χ1v) is 25.7. The van der Waals surface area contributed by atoms with Gasteiger partial charge in [-0.15, -0.1) is 0 Å². The summed E-state index contributed by atoms with van der Waals surface area (Å²) in [6.45, 7) is 0. The summed E-state index contributed by atoms with van der Waals surface area (Å²) in [6.07, 6.45) is 0. The van der Waals surface area contributed by atoms with Crippen LogP contribution < -0.4 is 0 Å². The first-order valence-electron chi connectivity index (χ1n) is 25.7. The molecule has 0 aliphatic carbocycles. The molecule has 0 saturated carbocycles. The Kier molecular flexibility index (Phi) is 9.89. The third-order valence-corrected chi connectivity index (χ3v) is 15.3. The standard InChI is InChI=1S/C72H46N2O/c1-6-16-47(17-7-1)51-26-28-52(29-27-51)60-45-59(46-66-65-44-55(50-22-12-4-13-23-50)34-39-71(65)75-72(60)66)74-69-36-31-54(49-20-10-3-11-21-49)41-62(69)64-43-57(33-38-70(64)74)56-32-37-68-63(42-56)61-40-53(48-18-8-2-9-19-48)30-35-67(61)73(68)58-24-14-5-15-25-58/h1-46H. The zero-order chi connectivity index (χ0) is 49.4. The van der Waals surface area contributed by atoms with Crippen LogP contribution in [-0.4, -0.2) is 9.13 Å². The van der Waals surface area contributed by atoms with Crippen molar-refractivity contribution < 1.29 is 4.42 Å². The van der Waals surface area contributed by atoms with E-state index in [1.807, 2.05) is 0 Å². The highest BCUT2D eigenvalue weighted by Gasteiger charge is 2.21. The number of hydrogen-bond donors (Lipinski definition) is 0. The van der Waals surface area contributed by atoms with Gasteiger partial charge >= 0.3 is 0 Å². The fourth-order valence-electron chi connectivity index (χ4n) is 11.6. The van der Waals surface area contributed by atoms with Crippen molar-refractivity contribution in [1.29, 1.82) is 0 Å². The average molecular weight is 955 g/mol. The Balaban J connectivity index is 0.957. The van der Waals surface area contributed by atoms with Crippen LogP contribution in [0.5, 0.6) is 0 Å². The van der Waals surface area contributed by atoms with Gasteiger partial charge in [-0.25, -0.2) is 0 Å². The van der Waals surface area contributed by atoms with Crippen molar-refractivity contribution in [2.24, 2.45) is 0 Å². The lowest BCUT2D eigenvalue weighted by Crippen LogP contribution is -1.95. The first kappa shape index (κ1) is 42.7. The molecule has 3 nitrogen and oxygen atoms in total. The summed E-state index contributed by atoms with van der Waals surface area (Å²) >= 11 is 0. The fraction of sp³-hybridized carbons (Fsp3) is 0. The van der Waals surface area contributed by atoms with E-state index < -0.39 is 0 Å². The van der Waals surface area contributed by atoms with Gasteiger partial charge in [0.15, 0.2) is 0 Å². The van der Waals surface area contributed by atoms with Crippen LogP contribution in [0.15, 0.2) is 283 Å². The Hall–Kier alpha value is -9.96. The number of rotatable bonds is 8. The summed E-state index contributed by atoms with van der Waals surface area (Å²) in [7, 11) is 0. The number of furan rings is 1. The second-order valence-electron chi connectivity index (χ2n) is 19.7. The second-order valence-corrected chi connectivity index (χ2v) is 19.7. The molecule has 0 aliphatic rings. The topological polar surface area (TPSA) is 23.0 Å². The largest absolute Gasteiger partial charge is 0.455 e. The van der Waals surface area contributed by atoms with E-state index in [9.17, 15) is 0 Å². The van der Waals surface area contributed by atoms with E-state index in [0.29, 0.717) is 0 Å². The molecule has 350 valence electrons. The predicted molar refractivity (Wildman–Crippen MR) is 315 cm³/mol. The van der Waals surface area contributed by atoms with Crippen LogP contribution in [0.25, 0.3) is 144 Å². The van der Waals surface area contributed by atoms with Crippen LogP contribution in [0.1, 0.15) is 0 Å². The van der Waals surface area contributed by atoms with Gasteiger partial charge in [0.05, 0.1) is 22.1 Å². The van der Waals surface area contributed by atoms with E-state index in [1.54, 1.807) is 0 Å². The van der Waals surface area contributed by atoms with Crippen LogP contribution in [0.3, 0.4) is 0 Å². The third kappa shape index (κ3) is 7.20. The number of benzene rings is 12. The van der Waals surface area contributed by atoms with Crippen molar-refractivity contribution in [3.8, 4) is 78.1 Å². The Morgan fingerprint density at radius 3 is 0.973 bits per heavy atom. The summed E-state index contributed by atoms with van der Waals surface area (Å²) in [5.74, 6) is 0. The molecule has 0 atom stereocenters. The van der Waals surface area contributed by atoms with Gasteiger partial charge in [0, 0.05) is 49.3 Å². The van der Waals surface area contributed by atoms with Crippen LogP contribution in [0.4, 0.5) is 0 Å². The molecule has 12 aromatic carbocycles. The first-order chi connectivity index (χ1) is 37.2. The fourth-order valence-corrected chi connectivity index (χ4v) is 11.6. The van der Waals surface area contributed by atoms with E-state index in [4.69, 9.17) is 4.42 Å². The Labute approximate surface area is 434 Å². The minimum atomic E-state index is 0.864. The smallest absolute Gasteiger partial charge is 0.143 e. The molecule has 3 aromatic heterocycles. The number of aromatic nitrogens is 2. The molecule has 0 bridgehead atoms. The van der Waals surface area contributed by atoms with Crippen LogP contribution >= 0.6 is 0 Å². The van der Waals surface area contributed by atoms with Crippen molar-refractivity contribution in [1.82, 2.24) is 9.13 Å². The monoisotopic (exact) mass is 954 g/mol. The Bertz CT molecular complexity index is 4650. The zero-order valence-corrected chi connectivity index (χ0v) is 40.9. The molecular weight excluding hydrogens is 909 g/mol. The van der Waals surface area contributed by atoms with Gasteiger partial charge in [0.2, 0.25) is 0 Å². The zero-order valence-electron chi connectivity index (χ0n) is 40.9. The maximum Gasteiger partial charge on any atom is 0.143 e. The summed E-state index contributed by atoms with van der Waals surface area (Å²) in [5, 5.41) is 7.00. The molecule has 75 heavy (non-hydrogen) atoms.